The van der Waals surface area contributed by atoms with Crippen LogP contribution in [0.25, 0.3) is 3.28 Å². The van der Waals surface area contributed by atoms with Crippen molar-refractivity contribution in [2.75, 3.05) is 12.3 Å². The first kappa shape index (κ1) is 32.9. The third kappa shape index (κ3) is 5.08. The van der Waals surface area contributed by atoms with Gasteiger partial charge in [-0.2, -0.15) is 0 Å². The molecule has 0 aliphatic heterocycles. The van der Waals surface area contributed by atoms with Crippen LogP contribution in [0, 0.1) is 58.2 Å². The normalized spacial score (nSPS) is 15.9. The minimum absolute atomic E-state index is 0.107. The Morgan fingerprint density at radius 2 is 1.16 bits per heavy atom. The molecule has 2 aliphatic rings. The molecule has 0 saturated heterocycles. The van der Waals surface area contributed by atoms with E-state index in [1.54, 1.807) is 43.4 Å². The molecule has 0 spiro atoms. The van der Waals surface area contributed by atoms with Crippen LogP contribution in [0.2, 0.25) is 0 Å². The summed E-state index contributed by atoms with van der Waals surface area (Å²) in [6.45, 7) is 5.76. The second kappa shape index (κ2) is 12.7. The average molecular weight is 719 g/mol. The van der Waals surface area contributed by atoms with Crippen LogP contribution >= 0.6 is 7.92 Å². The molecule has 3 aromatic carbocycles. The number of benzene rings is 3. The van der Waals surface area contributed by atoms with Crippen LogP contribution in [0.1, 0.15) is 44.0 Å². The van der Waals surface area contributed by atoms with Gasteiger partial charge in [0.2, 0.25) is 0 Å². The van der Waals surface area contributed by atoms with E-state index in [-0.39, 0.29) is 12.1 Å². The number of fused-ring (bicyclic) bond motifs is 1. The van der Waals surface area contributed by atoms with E-state index in [0.717, 1.165) is 17.9 Å². The molecule has 13 heteroatoms. The summed E-state index contributed by atoms with van der Waals surface area (Å²) in [4.78, 5) is 0. The number of rotatable bonds is 8. The Balaban J connectivity index is 1.97. The average Bonchev–Trinajstić information content (AvgIpc) is 3.65. The van der Waals surface area contributed by atoms with E-state index >= 15 is 17.6 Å². The number of allylic oxidation sites excluding steroid dienone is 5. The van der Waals surface area contributed by atoms with Crippen molar-refractivity contribution in [3.05, 3.63) is 121 Å². The summed E-state index contributed by atoms with van der Waals surface area (Å²) in [6, 6.07) is 7.03. The molecule has 3 aromatic rings. The van der Waals surface area contributed by atoms with Crippen LogP contribution in [0.5, 0.6) is 0 Å². The summed E-state index contributed by atoms with van der Waals surface area (Å²) in [5.41, 5.74) is -1.27. The molecule has 1 atom stereocenters. The summed E-state index contributed by atoms with van der Waals surface area (Å²) < 4.78 is 149. The zero-order valence-electron chi connectivity index (χ0n) is 23.5. The Morgan fingerprint density at radius 3 is 1.59 bits per heavy atom. The predicted octanol–water partition coefficient (Wildman–Crippen LogP) is 8.65. The summed E-state index contributed by atoms with van der Waals surface area (Å²) in [6.07, 6.45) is 6.41. The molecule has 0 aromatic heterocycles. The summed E-state index contributed by atoms with van der Waals surface area (Å²) in [5.74, 6) is -24.1. The second-order valence-electron chi connectivity index (χ2n) is 10.4. The van der Waals surface area contributed by atoms with Gasteiger partial charge in [-0.3, -0.25) is 0 Å². The Kier molecular flexibility index (Phi) is 9.54. The molecule has 0 bridgehead atoms. The van der Waals surface area contributed by atoms with Crippen molar-refractivity contribution < 1.29 is 65.4 Å². The quantitative estimate of drug-likeness (QED) is 0.0720. The number of hydrogen-bond acceptors (Lipinski definition) is 0. The zero-order valence-corrected chi connectivity index (χ0v) is 26.9. The van der Waals surface area contributed by atoms with E-state index in [2.05, 4.69) is 0 Å². The molecule has 0 heterocycles. The second-order valence-corrected chi connectivity index (χ2v) is 19.6. The van der Waals surface area contributed by atoms with Gasteiger partial charge in [0.25, 0.3) is 0 Å². The van der Waals surface area contributed by atoms with Crippen LogP contribution in [0.15, 0.2) is 51.3 Å². The molecule has 0 fully saturated rings. The topological polar surface area (TPSA) is 0 Å². The van der Waals surface area contributed by atoms with Gasteiger partial charge in [0.05, 0.1) is 0 Å². The van der Waals surface area contributed by atoms with E-state index in [0.29, 0.717) is 17.7 Å². The van der Waals surface area contributed by atoms with Gasteiger partial charge >= 0.3 is 258 Å². The van der Waals surface area contributed by atoms with Crippen molar-refractivity contribution in [3.63, 3.8) is 0 Å². The fourth-order valence-corrected chi connectivity index (χ4v) is 18.3. The third-order valence-electron chi connectivity index (χ3n) is 8.25. The molecular formula is C31H23BF10PZr. The maximum absolute atomic E-state index is 15.7. The van der Waals surface area contributed by atoms with Gasteiger partial charge < -0.3 is 0 Å². The summed E-state index contributed by atoms with van der Waals surface area (Å²) in [5, 5.41) is 0. The number of hydrogen-bond donors (Lipinski definition) is 0. The van der Waals surface area contributed by atoms with Gasteiger partial charge in [0.15, 0.2) is 0 Å². The SMILES string of the molecule is CCP(CC)C1C(C)=[C]([Zr]([B](c2c(F)c(F)c(F)c(F)c2F)c2c(F)c(F)c(F)c(F)c2F)[C]2=CC=CC2)c2ccccc21. The van der Waals surface area contributed by atoms with Crippen molar-refractivity contribution in [3.8, 4) is 0 Å². The first-order chi connectivity index (χ1) is 20.9. The molecule has 2 aliphatic carbocycles. The zero-order chi connectivity index (χ0) is 32.2. The predicted molar refractivity (Wildman–Crippen MR) is 149 cm³/mol. The molecule has 0 saturated carbocycles. The van der Waals surface area contributed by atoms with Crippen molar-refractivity contribution >= 4 is 26.4 Å². The monoisotopic (exact) mass is 717 g/mol. The first-order valence-corrected chi connectivity index (χ1v) is 19.3. The molecule has 0 N–H and O–H groups in total. The molecule has 0 nitrogen and oxygen atoms in total. The molecule has 229 valence electrons. The van der Waals surface area contributed by atoms with Gasteiger partial charge in [-0.25, -0.2) is 0 Å². The van der Waals surface area contributed by atoms with Crippen molar-refractivity contribution in [1.82, 2.24) is 0 Å². The Bertz CT molecular complexity index is 1640. The molecule has 1 unspecified atom stereocenters. The van der Waals surface area contributed by atoms with Crippen LogP contribution in [-0.4, -0.2) is 16.6 Å². The Morgan fingerprint density at radius 1 is 0.705 bits per heavy atom. The van der Waals surface area contributed by atoms with Crippen LogP contribution in [0.3, 0.4) is 0 Å². The van der Waals surface area contributed by atoms with Crippen LogP contribution in [0.4, 0.5) is 43.9 Å². The van der Waals surface area contributed by atoms with Crippen molar-refractivity contribution in [2.24, 2.45) is 0 Å². The van der Waals surface area contributed by atoms with Gasteiger partial charge in [0.1, 0.15) is 0 Å². The Labute approximate surface area is 256 Å². The molecule has 0 amide bonds. The van der Waals surface area contributed by atoms with Crippen molar-refractivity contribution in [1.29, 1.82) is 0 Å². The minimum atomic E-state index is -4.59. The Hall–Kier alpha value is -2.44. The van der Waals surface area contributed by atoms with E-state index in [1.165, 1.54) is 0 Å². The fraction of sp³-hybridized carbons (Fsp3) is 0.226. The maximum atomic E-state index is 15.7. The van der Waals surface area contributed by atoms with Gasteiger partial charge in [0, 0.05) is 0 Å². The first-order valence-electron chi connectivity index (χ1n) is 13.7. The summed E-state index contributed by atoms with van der Waals surface area (Å²) >= 11 is -4.59. The van der Waals surface area contributed by atoms with Crippen LogP contribution in [-0.2, 0) is 21.5 Å². The van der Waals surface area contributed by atoms with Crippen LogP contribution < -0.4 is 10.9 Å². The van der Waals surface area contributed by atoms with Gasteiger partial charge in [-0.15, -0.1) is 0 Å². The third-order valence-corrected chi connectivity index (χ3v) is 19.7. The van der Waals surface area contributed by atoms with Gasteiger partial charge in [-0.05, 0) is 0 Å². The van der Waals surface area contributed by atoms with Crippen molar-refractivity contribution in [2.45, 2.75) is 32.9 Å². The van der Waals surface area contributed by atoms with E-state index in [1.807, 2.05) is 19.9 Å². The summed E-state index contributed by atoms with van der Waals surface area (Å²) in [7, 11) is -0.726. The number of halogens is 10. The van der Waals surface area contributed by atoms with E-state index in [4.69, 9.17) is 0 Å². The van der Waals surface area contributed by atoms with E-state index < -0.39 is 103 Å². The molecule has 44 heavy (non-hydrogen) atoms. The van der Waals surface area contributed by atoms with E-state index in [9.17, 15) is 26.3 Å². The fourth-order valence-electron chi connectivity index (χ4n) is 6.28. The van der Waals surface area contributed by atoms with Gasteiger partial charge in [-0.1, -0.05) is 0 Å². The molecular weight excluding hydrogens is 695 g/mol. The molecule has 5 rings (SSSR count). The standard InChI is InChI=1S/C14H18P.C12BF10.C5H5.Zr/c1-4-15(5-2)14-11(3)10-12-8-6-7-9-13(12)14;14-3-1(4(15)8(19)11(22)7(3)18)13-2-5(16)9(20)12(23)10(21)6(2)17;1-2-4-5-3-1;/h6-9,14H,4-5H2,1-3H3;;1-3H,4H2;/q;+1;;-1. The molecule has 0 radical (unpaired) electrons.